The summed E-state index contributed by atoms with van der Waals surface area (Å²) in [4.78, 5) is 0. The average molecular weight is 256 g/mol. The van der Waals surface area contributed by atoms with Gasteiger partial charge in [0, 0.05) is 11.7 Å². The number of rotatable bonds is 5. The summed E-state index contributed by atoms with van der Waals surface area (Å²) < 4.78 is 5.16. The van der Waals surface area contributed by atoms with Gasteiger partial charge in [-0.3, -0.25) is 0 Å². The lowest BCUT2D eigenvalue weighted by molar-refractivity contribution is 0.415. The molecule has 0 bridgehead atoms. The number of benzene rings is 2. The normalized spacial score (nSPS) is 10.3. The zero-order valence-electron chi connectivity index (χ0n) is 11.6. The van der Waals surface area contributed by atoms with Crippen LogP contribution in [0.3, 0.4) is 0 Å². The Balaban J connectivity index is 2.17. The first kappa shape index (κ1) is 13.3. The van der Waals surface area contributed by atoms with Crippen molar-refractivity contribution in [3.63, 3.8) is 0 Å². The number of hydrogen-bond donors (Lipinski definition) is 2. The summed E-state index contributed by atoms with van der Waals surface area (Å²) in [5.74, 6) is 0.860. The summed E-state index contributed by atoms with van der Waals surface area (Å²) in [7, 11) is 1.67. The quantitative estimate of drug-likeness (QED) is 0.838. The maximum atomic E-state index is 5.16. The third-order valence-electron chi connectivity index (χ3n) is 2.74. The van der Waals surface area contributed by atoms with E-state index in [1.165, 1.54) is 0 Å². The van der Waals surface area contributed by atoms with Crippen LogP contribution in [0.4, 0.5) is 17.1 Å². The van der Waals surface area contributed by atoms with Crippen molar-refractivity contribution in [2.75, 3.05) is 17.7 Å². The second-order valence-electron chi connectivity index (χ2n) is 4.70. The minimum absolute atomic E-state index is 0.402. The fraction of sp³-hybridized carbons (Fsp3) is 0.250. The predicted molar refractivity (Wildman–Crippen MR) is 81.5 cm³/mol. The molecule has 0 radical (unpaired) electrons. The minimum Gasteiger partial charge on any atom is -0.497 e. The fourth-order valence-electron chi connectivity index (χ4n) is 1.86. The molecule has 100 valence electrons. The number of methoxy groups -OCH3 is 1. The topological polar surface area (TPSA) is 33.3 Å². The molecular weight excluding hydrogens is 236 g/mol. The molecule has 0 fully saturated rings. The number of hydrogen-bond acceptors (Lipinski definition) is 3. The van der Waals surface area contributed by atoms with Crippen LogP contribution in [0.5, 0.6) is 5.75 Å². The second kappa shape index (κ2) is 6.14. The van der Waals surface area contributed by atoms with Gasteiger partial charge in [-0.25, -0.2) is 0 Å². The summed E-state index contributed by atoms with van der Waals surface area (Å²) in [6.07, 6.45) is 0. The van der Waals surface area contributed by atoms with E-state index in [9.17, 15) is 0 Å². The summed E-state index contributed by atoms with van der Waals surface area (Å²) in [6.45, 7) is 4.26. The average Bonchev–Trinajstić information content (AvgIpc) is 2.41. The van der Waals surface area contributed by atoms with Crippen molar-refractivity contribution in [1.82, 2.24) is 0 Å². The van der Waals surface area contributed by atoms with Gasteiger partial charge in [-0.05, 0) is 50.2 Å². The van der Waals surface area contributed by atoms with E-state index >= 15 is 0 Å². The highest BCUT2D eigenvalue weighted by Gasteiger charge is 2.03. The van der Waals surface area contributed by atoms with E-state index in [0.717, 1.165) is 22.8 Å². The largest absolute Gasteiger partial charge is 0.497 e. The maximum absolute atomic E-state index is 5.16. The third-order valence-corrected chi connectivity index (χ3v) is 2.74. The van der Waals surface area contributed by atoms with Gasteiger partial charge in [0.15, 0.2) is 0 Å². The van der Waals surface area contributed by atoms with Gasteiger partial charge in [0.25, 0.3) is 0 Å². The molecule has 3 nitrogen and oxygen atoms in total. The summed E-state index contributed by atoms with van der Waals surface area (Å²) in [6, 6.07) is 16.5. The molecule has 0 heterocycles. The van der Waals surface area contributed by atoms with Gasteiger partial charge >= 0.3 is 0 Å². The standard InChI is InChI=1S/C16H20N2O/c1-12(2)17-15-6-4-5-7-16(15)18-13-8-10-14(19-3)11-9-13/h4-12,17-18H,1-3H3. The van der Waals surface area contributed by atoms with Crippen molar-refractivity contribution in [2.24, 2.45) is 0 Å². The monoisotopic (exact) mass is 256 g/mol. The van der Waals surface area contributed by atoms with Crippen molar-refractivity contribution < 1.29 is 4.74 Å². The van der Waals surface area contributed by atoms with Crippen molar-refractivity contribution in [3.05, 3.63) is 48.5 Å². The van der Waals surface area contributed by atoms with Crippen LogP contribution in [0.1, 0.15) is 13.8 Å². The molecule has 0 amide bonds. The Morgan fingerprint density at radius 1 is 0.895 bits per heavy atom. The van der Waals surface area contributed by atoms with E-state index in [0.29, 0.717) is 6.04 Å². The summed E-state index contributed by atoms with van der Waals surface area (Å²) in [5.41, 5.74) is 3.22. The van der Waals surface area contributed by atoms with Crippen LogP contribution in [0.15, 0.2) is 48.5 Å². The van der Waals surface area contributed by atoms with E-state index in [4.69, 9.17) is 4.74 Å². The maximum Gasteiger partial charge on any atom is 0.119 e. The zero-order chi connectivity index (χ0) is 13.7. The van der Waals surface area contributed by atoms with Crippen LogP contribution >= 0.6 is 0 Å². The van der Waals surface area contributed by atoms with Crippen molar-refractivity contribution in [2.45, 2.75) is 19.9 Å². The zero-order valence-corrected chi connectivity index (χ0v) is 11.6. The molecule has 19 heavy (non-hydrogen) atoms. The molecule has 2 N–H and O–H groups in total. The Bertz CT molecular complexity index is 521. The van der Waals surface area contributed by atoms with Crippen LogP contribution in [-0.4, -0.2) is 13.2 Å². The Morgan fingerprint density at radius 3 is 2.11 bits per heavy atom. The highest BCUT2D eigenvalue weighted by atomic mass is 16.5. The SMILES string of the molecule is COc1ccc(Nc2ccccc2NC(C)C)cc1. The molecule has 0 aliphatic carbocycles. The molecule has 2 rings (SSSR count). The lowest BCUT2D eigenvalue weighted by Gasteiger charge is -2.16. The Kier molecular flexibility index (Phi) is 4.29. The van der Waals surface area contributed by atoms with Crippen LogP contribution in [0.2, 0.25) is 0 Å². The molecule has 0 saturated heterocycles. The molecule has 0 aliphatic rings. The van der Waals surface area contributed by atoms with E-state index in [1.807, 2.05) is 36.4 Å². The molecule has 0 unspecified atom stereocenters. The van der Waals surface area contributed by atoms with Gasteiger partial charge < -0.3 is 15.4 Å². The van der Waals surface area contributed by atoms with E-state index in [1.54, 1.807) is 7.11 Å². The highest BCUT2D eigenvalue weighted by Crippen LogP contribution is 2.26. The van der Waals surface area contributed by atoms with Crippen molar-refractivity contribution >= 4 is 17.1 Å². The molecule has 0 spiro atoms. The van der Waals surface area contributed by atoms with Gasteiger partial charge in [0.05, 0.1) is 18.5 Å². The van der Waals surface area contributed by atoms with Crippen LogP contribution in [-0.2, 0) is 0 Å². The first-order valence-electron chi connectivity index (χ1n) is 6.45. The van der Waals surface area contributed by atoms with Crippen molar-refractivity contribution in [1.29, 1.82) is 0 Å². The molecule has 0 aliphatic heterocycles. The van der Waals surface area contributed by atoms with Gasteiger partial charge in [-0.15, -0.1) is 0 Å². The first-order valence-corrected chi connectivity index (χ1v) is 6.45. The fourth-order valence-corrected chi connectivity index (χ4v) is 1.86. The van der Waals surface area contributed by atoms with Crippen LogP contribution in [0, 0.1) is 0 Å². The van der Waals surface area contributed by atoms with Crippen LogP contribution < -0.4 is 15.4 Å². The molecule has 0 saturated carbocycles. The predicted octanol–water partition coefficient (Wildman–Crippen LogP) is 4.26. The lowest BCUT2D eigenvalue weighted by Crippen LogP contribution is -2.11. The molecule has 2 aromatic rings. The summed E-state index contributed by atoms with van der Waals surface area (Å²) in [5, 5.41) is 6.84. The van der Waals surface area contributed by atoms with E-state index in [-0.39, 0.29) is 0 Å². The molecule has 0 atom stereocenters. The van der Waals surface area contributed by atoms with Gasteiger partial charge in [0.1, 0.15) is 5.75 Å². The molecule has 2 aromatic carbocycles. The minimum atomic E-state index is 0.402. The number of nitrogens with one attached hydrogen (secondary N) is 2. The Morgan fingerprint density at radius 2 is 1.53 bits per heavy atom. The first-order chi connectivity index (χ1) is 9.19. The smallest absolute Gasteiger partial charge is 0.119 e. The highest BCUT2D eigenvalue weighted by molar-refractivity contribution is 5.74. The van der Waals surface area contributed by atoms with Gasteiger partial charge in [0.2, 0.25) is 0 Å². The van der Waals surface area contributed by atoms with Crippen LogP contribution in [0.25, 0.3) is 0 Å². The van der Waals surface area contributed by atoms with E-state index in [2.05, 4.69) is 36.6 Å². The summed E-state index contributed by atoms with van der Waals surface area (Å²) >= 11 is 0. The lowest BCUT2D eigenvalue weighted by atomic mass is 10.2. The Hall–Kier alpha value is -2.16. The van der Waals surface area contributed by atoms with E-state index < -0.39 is 0 Å². The molecular formula is C16H20N2O. The molecule has 0 aromatic heterocycles. The number of ether oxygens (including phenoxy) is 1. The van der Waals surface area contributed by atoms with Gasteiger partial charge in [-0.1, -0.05) is 12.1 Å². The number of anilines is 3. The van der Waals surface area contributed by atoms with Gasteiger partial charge in [-0.2, -0.15) is 0 Å². The number of para-hydroxylation sites is 2. The Labute approximate surface area is 114 Å². The second-order valence-corrected chi connectivity index (χ2v) is 4.70. The molecule has 3 heteroatoms. The van der Waals surface area contributed by atoms with Crippen molar-refractivity contribution in [3.8, 4) is 5.75 Å². The third kappa shape index (κ3) is 3.65.